The Labute approximate surface area is 156 Å². The van der Waals surface area contributed by atoms with Gasteiger partial charge in [-0.3, -0.25) is 4.90 Å². The molecule has 0 amide bonds. The molecule has 3 rings (SSSR count). The van der Waals surface area contributed by atoms with Gasteiger partial charge >= 0.3 is 0 Å². The van der Waals surface area contributed by atoms with Gasteiger partial charge in [0.1, 0.15) is 0 Å². The highest BCUT2D eigenvalue weighted by molar-refractivity contribution is 5.34. The number of benzene rings is 2. The van der Waals surface area contributed by atoms with Crippen LogP contribution in [0.5, 0.6) is 0 Å². The number of rotatable bonds is 6. The van der Waals surface area contributed by atoms with Gasteiger partial charge in [-0.1, -0.05) is 36.4 Å². The normalized spacial score (nSPS) is 17.0. The van der Waals surface area contributed by atoms with E-state index in [2.05, 4.69) is 53.5 Å². The molecule has 2 aromatic rings. The Morgan fingerprint density at radius 2 is 1.88 bits per heavy atom. The molecule has 0 spiro atoms. The summed E-state index contributed by atoms with van der Waals surface area (Å²) in [6.45, 7) is 5.78. The van der Waals surface area contributed by atoms with Gasteiger partial charge in [0.2, 0.25) is 0 Å². The Bertz CT molecular complexity index is 760. The van der Waals surface area contributed by atoms with Gasteiger partial charge in [-0.25, -0.2) is 0 Å². The fourth-order valence-electron chi connectivity index (χ4n) is 3.46. The number of aliphatic hydroxyl groups is 1. The van der Waals surface area contributed by atoms with Crippen molar-refractivity contribution in [3.05, 3.63) is 70.8 Å². The zero-order chi connectivity index (χ0) is 18.4. The largest absolute Gasteiger partial charge is 0.393 e. The van der Waals surface area contributed by atoms with E-state index in [1.807, 2.05) is 18.2 Å². The van der Waals surface area contributed by atoms with E-state index in [-0.39, 0.29) is 12.1 Å². The van der Waals surface area contributed by atoms with E-state index in [1.54, 1.807) is 0 Å². The van der Waals surface area contributed by atoms with Gasteiger partial charge < -0.3 is 10.4 Å². The van der Waals surface area contributed by atoms with Crippen molar-refractivity contribution in [1.29, 1.82) is 5.26 Å². The summed E-state index contributed by atoms with van der Waals surface area (Å²) in [6, 6.07) is 18.7. The predicted octanol–water partition coefficient (Wildman–Crippen LogP) is 3.37. The molecule has 26 heavy (non-hydrogen) atoms. The Kier molecular flexibility index (Phi) is 6.40. The number of hydrogen-bond acceptors (Lipinski definition) is 4. The number of likely N-dealkylation sites (tertiary alicyclic amines) is 1. The first-order chi connectivity index (χ1) is 12.7. The van der Waals surface area contributed by atoms with Crippen LogP contribution in [0, 0.1) is 11.3 Å². The zero-order valence-electron chi connectivity index (χ0n) is 15.4. The van der Waals surface area contributed by atoms with E-state index in [4.69, 9.17) is 5.26 Å². The van der Waals surface area contributed by atoms with E-state index in [0.29, 0.717) is 5.56 Å². The van der Waals surface area contributed by atoms with Crippen LogP contribution in [0.1, 0.15) is 48.1 Å². The molecule has 2 N–H and O–H groups in total. The maximum atomic E-state index is 9.68. The fraction of sp³-hybridized carbons (Fsp3) is 0.409. The number of hydrogen-bond donors (Lipinski definition) is 2. The van der Waals surface area contributed by atoms with E-state index < -0.39 is 0 Å². The van der Waals surface area contributed by atoms with E-state index >= 15 is 0 Å². The SMILES string of the molecule is CC(NCc1ccccc1CN1CCC(O)CC1)c1cccc(C#N)c1. The lowest BCUT2D eigenvalue weighted by Gasteiger charge is -2.30. The lowest BCUT2D eigenvalue weighted by molar-refractivity contribution is 0.0791. The Hall–Kier alpha value is -2.19. The maximum Gasteiger partial charge on any atom is 0.0991 e. The minimum atomic E-state index is -0.131. The smallest absolute Gasteiger partial charge is 0.0991 e. The van der Waals surface area contributed by atoms with E-state index in [0.717, 1.165) is 44.6 Å². The molecule has 0 bridgehead atoms. The first-order valence-electron chi connectivity index (χ1n) is 9.36. The highest BCUT2D eigenvalue weighted by atomic mass is 16.3. The summed E-state index contributed by atoms with van der Waals surface area (Å²) in [5.74, 6) is 0. The number of nitriles is 1. The summed E-state index contributed by atoms with van der Waals surface area (Å²) in [7, 11) is 0. The summed E-state index contributed by atoms with van der Waals surface area (Å²) < 4.78 is 0. The first-order valence-corrected chi connectivity index (χ1v) is 9.36. The molecule has 4 heteroatoms. The van der Waals surface area contributed by atoms with Gasteiger partial charge in [-0.15, -0.1) is 0 Å². The quantitative estimate of drug-likeness (QED) is 0.839. The van der Waals surface area contributed by atoms with Gasteiger partial charge in [0.25, 0.3) is 0 Å². The molecule has 1 heterocycles. The molecule has 1 unspecified atom stereocenters. The summed E-state index contributed by atoms with van der Waals surface area (Å²) in [6.07, 6.45) is 1.60. The lowest BCUT2D eigenvalue weighted by Crippen LogP contribution is -2.35. The highest BCUT2D eigenvalue weighted by Gasteiger charge is 2.18. The van der Waals surface area contributed by atoms with Crippen LogP contribution >= 0.6 is 0 Å². The van der Waals surface area contributed by atoms with Crippen LogP contribution < -0.4 is 5.32 Å². The van der Waals surface area contributed by atoms with Crippen molar-refractivity contribution >= 4 is 0 Å². The average molecular weight is 349 g/mol. The van der Waals surface area contributed by atoms with Crippen molar-refractivity contribution < 1.29 is 5.11 Å². The second-order valence-electron chi connectivity index (χ2n) is 7.12. The molecule has 1 fully saturated rings. The number of piperidine rings is 1. The Morgan fingerprint density at radius 1 is 1.15 bits per heavy atom. The minimum absolute atomic E-state index is 0.131. The molecule has 1 aliphatic rings. The molecular weight excluding hydrogens is 322 g/mol. The Balaban J connectivity index is 1.62. The standard InChI is InChI=1S/C22H27N3O/c1-17(19-8-4-5-18(13-19)14-23)24-15-20-6-2-3-7-21(20)16-25-11-9-22(26)10-12-25/h2-8,13,17,22,24,26H,9-12,15-16H2,1H3. The molecule has 2 aromatic carbocycles. The second-order valence-corrected chi connectivity index (χ2v) is 7.12. The summed E-state index contributed by atoms with van der Waals surface area (Å²) >= 11 is 0. The number of nitrogens with zero attached hydrogens (tertiary/aromatic N) is 2. The summed E-state index contributed by atoms with van der Waals surface area (Å²) in [5, 5.41) is 22.3. The molecule has 1 aliphatic heterocycles. The Morgan fingerprint density at radius 3 is 2.62 bits per heavy atom. The molecule has 0 radical (unpaired) electrons. The van der Waals surface area contributed by atoms with Crippen LogP contribution in [-0.2, 0) is 13.1 Å². The first kappa shape index (κ1) is 18.6. The van der Waals surface area contributed by atoms with Crippen molar-refractivity contribution in [2.24, 2.45) is 0 Å². The van der Waals surface area contributed by atoms with Crippen LogP contribution in [-0.4, -0.2) is 29.2 Å². The van der Waals surface area contributed by atoms with Gasteiger partial charge in [-0.2, -0.15) is 5.26 Å². The lowest BCUT2D eigenvalue weighted by atomic mass is 10.0. The second kappa shape index (κ2) is 8.95. The third kappa shape index (κ3) is 4.92. The van der Waals surface area contributed by atoms with Crippen LogP contribution in [0.3, 0.4) is 0 Å². The van der Waals surface area contributed by atoms with E-state index in [9.17, 15) is 5.11 Å². The van der Waals surface area contributed by atoms with Crippen LogP contribution in [0.15, 0.2) is 48.5 Å². The molecule has 136 valence electrons. The van der Waals surface area contributed by atoms with Gasteiger partial charge in [0.15, 0.2) is 0 Å². The topological polar surface area (TPSA) is 59.3 Å². The summed E-state index contributed by atoms with van der Waals surface area (Å²) in [5.41, 5.74) is 4.48. The van der Waals surface area contributed by atoms with Crippen molar-refractivity contribution in [3.63, 3.8) is 0 Å². The number of aliphatic hydroxyl groups excluding tert-OH is 1. The predicted molar refractivity (Wildman–Crippen MR) is 103 cm³/mol. The zero-order valence-corrected chi connectivity index (χ0v) is 15.4. The van der Waals surface area contributed by atoms with Crippen LogP contribution in [0.4, 0.5) is 0 Å². The van der Waals surface area contributed by atoms with Gasteiger partial charge in [0.05, 0.1) is 17.7 Å². The third-order valence-electron chi connectivity index (χ3n) is 5.18. The van der Waals surface area contributed by atoms with Crippen molar-refractivity contribution in [2.75, 3.05) is 13.1 Å². The van der Waals surface area contributed by atoms with Gasteiger partial charge in [0, 0.05) is 32.2 Å². The average Bonchev–Trinajstić information content (AvgIpc) is 2.69. The molecule has 4 nitrogen and oxygen atoms in total. The maximum absolute atomic E-state index is 9.68. The summed E-state index contributed by atoms with van der Waals surface area (Å²) in [4.78, 5) is 2.42. The molecule has 1 atom stereocenters. The molecule has 0 saturated carbocycles. The van der Waals surface area contributed by atoms with Crippen LogP contribution in [0.25, 0.3) is 0 Å². The number of nitrogens with one attached hydrogen (secondary N) is 1. The molecule has 0 aliphatic carbocycles. The van der Waals surface area contributed by atoms with Crippen molar-refractivity contribution in [2.45, 2.75) is 45.0 Å². The van der Waals surface area contributed by atoms with Crippen molar-refractivity contribution in [1.82, 2.24) is 10.2 Å². The molecular formula is C22H27N3O. The molecule has 0 aromatic heterocycles. The highest BCUT2D eigenvalue weighted by Crippen LogP contribution is 2.19. The van der Waals surface area contributed by atoms with Crippen molar-refractivity contribution in [3.8, 4) is 6.07 Å². The fourth-order valence-corrected chi connectivity index (χ4v) is 3.46. The monoisotopic (exact) mass is 349 g/mol. The minimum Gasteiger partial charge on any atom is -0.393 e. The molecule has 1 saturated heterocycles. The van der Waals surface area contributed by atoms with Gasteiger partial charge in [-0.05, 0) is 48.6 Å². The van der Waals surface area contributed by atoms with E-state index in [1.165, 1.54) is 11.1 Å². The third-order valence-corrected chi connectivity index (χ3v) is 5.18. The van der Waals surface area contributed by atoms with Crippen LogP contribution in [0.2, 0.25) is 0 Å².